The fourth-order valence-electron chi connectivity index (χ4n) is 0.559. The van der Waals surface area contributed by atoms with Crippen LogP contribution in [-0.4, -0.2) is 0 Å². The lowest BCUT2D eigenvalue weighted by Gasteiger charge is -1.89. The summed E-state index contributed by atoms with van der Waals surface area (Å²) in [7, 11) is 0. The Kier molecular flexibility index (Phi) is 1.24. The molecule has 46 valence electrons. The second-order valence-electron chi connectivity index (χ2n) is 1.70. The van der Waals surface area contributed by atoms with E-state index in [1.54, 1.807) is 24.3 Å². The minimum absolute atomic E-state index is 0.202. The number of benzene rings is 1. The van der Waals surface area contributed by atoms with E-state index in [4.69, 9.17) is 14.3 Å². The summed E-state index contributed by atoms with van der Waals surface area (Å²) >= 11 is 5.63. The molecule has 0 nitrogen and oxygen atoms in total. The molecule has 0 spiro atoms. The summed E-state index contributed by atoms with van der Waals surface area (Å²) in [6, 6.07) is 7.00. The maximum Gasteiger partial charge on any atom is 0.0538 e. The highest BCUT2D eigenvalue weighted by Crippen LogP contribution is 2.09. The molecule has 1 rings (SSSR count). The molecular formula is C8H7Cl. The molecule has 0 N–H and O–H groups in total. The molecule has 1 aromatic rings. The molecule has 0 aliphatic rings. The van der Waals surface area contributed by atoms with Crippen molar-refractivity contribution in [3.63, 3.8) is 0 Å². The standard InChI is InChI=1S/C8H7Cl/c1-2-7-3-5-8(9)6-4-7/h2-6H,1H2/i1D2. The van der Waals surface area contributed by atoms with Crippen molar-refractivity contribution in [2.45, 2.75) is 0 Å². The molecule has 0 saturated carbocycles. The fourth-order valence-corrected chi connectivity index (χ4v) is 0.685. The minimum Gasteiger partial charge on any atom is -0.0985 e. The molecule has 0 fully saturated rings. The van der Waals surface area contributed by atoms with Gasteiger partial charge in [0.1, 0.15) is 0 Å². The summed E-state index contributed by atoms with van der Waals surface area (Å²) in [4.78, 5) is 0. The van der Waals surface area contributed by atoms with Gasteiger partial charge in [-0.3, -0.25) is 0 Å². The normalized spacial score (nSPS) is 11.7. The van der Waals surface area contributed by atoms with E-state index in [0.717, 1.165) is 5.56 Å². The van der Waals surface area contributed by atoms with Crippen molar-refractivity contribution >= 4 is 17.7 Å². The van der Waals surface area contributed by atoms with Crippen LogP contribution >= 0.6 is 11.6 Å². The Hall–Kier alpha value is -0.750. The quantitative estimate of drug-likeness (QED) is 0.563. The van der Waals surface area contributed by atoms with E-state index in [1.165, 1.54) is 6.08 Å². The maximum atomic E-state index is 6.86. The van der Waals surface area contributed by atoms with E-state index >= 15 is 0 Å². The van der Waals surface area contributed by atoms with Crippen LogP contribution < -0.4 is 0 Å². The van der Waals surface area contributed by atoms with Gasteiger partial charge in [-0.05, 0) is 17.7 Å². The first-order valence-corrected chi connectivity index (χ1v) is 2.97. The highest BCUT2D eigenvalue weighted by molar-refractivity contribution is 6.30. The van der Waals surface area contributed by atoms with E-state index in [9.17, 15) is 0 Å². The summed E-state index contributed by atoms with van der Waals surface area (Å²) in [5, 5.41) is 0.665. The zero-order chi connectivity index (χ0) is 8.27. The molecule has 0 bridgehead atoms. The molecule has 9 heavy (non-hydrogen) atoms. The van der Waals surface area contributed by atoms with Crippen molar-refractivity contribution < 1.29 is 2.74 Å². The first-order valence-electron chi connectivity index (χ1n) is 3.59. The summed E-state index contributed by atoms with van der Waals surface area (Å²) < 4.78 is 13.7. The van der Waals surface area contributed by atoms with Gasteiger partial charge in [-0.25, -0.2) is 0 Å². The molecule has 0 saturated heterocycles. The maximum absolute atomic E-state index is 6.86. The predicted molar refractivity (Wildman–Crippen MR) is 41.5 cm³/mol. The van der Waals surface area contributed by atoms with Gasteiger partial charge >= 0.3 is 0 Å². The average Bonchev–Trinajstić information content (AvgIpc) is 1.93. The molecule has 0 atom stereocenters. The third-order valence-corrected chi connectivity index (χ3v) is 1.29. The van der Waals surface area contributed by atoms with Crippen LogP contribution in [0.15, 0.2) is 30.8 Å². The number of halogens is 1. The fraction of sp³-hybridized carbons (Fsp3) is 0. The molecule has 1 aromatic carbocycles. The van der Waals surface area contributed by atoms with E-state index in [1.807, 2.05) is 0 Å². The van der Waals surface area contributed by atoms with Gasteiger partial charge in [0, 0.05) is 5.02 Å². The van der Waals surface area contributed by atoms with Crippen LogP contribution in [0.25, 0.3) is 6.08 Å². The molecule has 0 aromatic heterocycles. The van der Waals surface area contributed by atoms with Crippen LogP contribution in [0.2, 0.25) is 5.02 Å². The van der Waals surface area contributed by atoms with Crippen molar-refractivity contribution in [3.05, 3.63) is 41.4 Å². The summed E-state index contributed by atoms with van der Waals surface area (Å²) in [5.41, 5.74) is 0.828. The van der Waals surface area contributed by atoms with Crippen LogP contribution in [-0.2, 0) is 0 Å². The second-order valence-corrected chi connectivity index (χ2v) is 2.13. The van der Waals surface area contributed by atoms with E-state index < -0.39 is 0 Å². The SMILES string of the molecule is [2H]C([2H])=Cc1ccc(Cl)cc1. The van der Waals surface area contributed by atoms with Gasteiger partial charge < -0.3 is 0 Å². The first-order chi connectivity index (χ1) is 5.18. The highest BCUT2D eigenvalue weighted by Gasteiger charge is 1.84. The monoisotopic (exact) mass is 140 g/mol. The number of hydrogen-bond donors (Lipinski definition) is 0. The van der Waals surface area contributed by atoms with Crippen molar-refractivity contribution in [3.8, 4) is 0 Å². The lowest BCUT2D eigenvalue weighted by molar-refractivity contribution is 1.66. The molecule has 1 heteroatoms. The van der Waals surface area contributed by atoms with Gasteiger partial charge in [-0.1, -0.05) is 36.3 Å². The van der Waals surface area contributed by atoms with E-state index in [0.29, 0.717) is 5.02 Å². The van der Waals surface area contributed by atoms with Crippen LogP contribution in [0.1, 0.15) is 8.30 Å². The smallest absolute Gasteiger partial charge is 0.0538 e. The Morgan fingerprint density at radius 3 is 2.67 bits per heavy atom. The first kappa shape index (κ1) is 4.13. The molecule has 0 heterocycles. The van der Waals surface area contributed by atoms with Gasteiger partial charge in [0.05, 0.1) is 2.74 Å². The van der Waals surface area contributed by atoms with Gasteiger partial charge in [0.2, 0.25) is 0 Å². The Morgan fingerprint density at radius 2 is 2.11 bits per heavy atom. The highest BCUT2D eigenvalue weighted by atomic mass is 35.5. The Balaban J connectivity index is 2.91. The topological polar surface area (TPSA) is 0 Å². The Bertz CT molecular complexity index is 260. The molecule has 0 amide bonds. The van der Waals surface area contributed by atoms with Gasteiger partial charge in [0.15, 0.2) is 0 Å². The molecular weight excluding hydrogens is 132 g/mol. The minimum atomic E-state index is -0.202. The van der Waals surface area contributed by atoms with E-state index in [2.05, 4.69) is 0 Å². The Labute approximate surface area is 62.6 Å². The number of rotatable bonds is 1. The van der Waals surface area contributed by atoms with Gasteiger partial charge in [-0.2, -0.15) is 0 Å². The third-order valence-electron chi connectivity index (χ3n) is 1.04. The molecule has 0 radical (unpaired) electrons. The van der Waals surface area contributed by atoms with Gasteiger partial charge in [0.25, 0.3) is 0 Å². The third kappa shape index (κ3) is 1.58. The lowest BCUT2D eigenvalue weighted by atomic mass is 10.2. The molecule has 0 unspecified atom stereocenters. The van der Waals surface area contributed by atoms with Crippen molar-refractivity contribution in [2.24, 2.45) is 0 Å². The summed E-state index contributed by atoms with van der Waals surface area (Å²) in [6.45, 7) is -0.202. The zero-order valence-electron chi connectivity index (χ0n) is 6.76. The zero-order valence-corrected chi connectivity index (χ0v) is 5.52. The van der Waals surface area contributed by atoms with Crippen LogP contribution in [0.5, 0.6) is 0 Å². The van der Waals surface area contributed by atoms with Gasteiger partial charge in [-0.15, -0.1) is 0 Å². The van der Waals surface area contributed by atoms with Crippen molar-refractivity contribution in [1.29, 1.82) is 0 Å². The van der Waals surface area contributed by atoms with Crippen molar-refractivity contribution in [1.82, 2.24) is 0 Å². The predicted octanol–water partition coefficient (Wildman–Crippen LogP) is 2.98. The Morgan fingerprint density at radius 1 is 1.44 bits per heavy atom. The summed E-state index contributed by atoms with van der Waals surface area (Å²) in [6.07, 6.45) is 1.45. The van der Waals surface area contributed by atoms with Crippen LogP contribution in [0.4, 0.5) is 0 Å². The van der Waals surface area contributed by atoms with Crippen molar-refractivity contribution in [2.75, 3.05) is 0 Å². The molecule has 0 aliphatic heterocycles. The number of hydrogen-bond acceptors (Lipinski definition) is 0. The lowest BCUT2D eigenvalue weighted by Crippen LogP contribution is -1.67. The average molecular weight is 141 g/mol. The van der Waals surface area contributed by atoms with E-state index in [-0.39, 0.29) is 6.53 Å². The van der Waals surface area contributed by atoms with Crippen LogP contribution in [0.3, 0.4) is 0 Å². The largest absolute Gasteiger partial charge is 0.0985 e. The summed E-state index contributed by atoms with van der Waals surface area (Å²) in [5.74, 6) is 0. The molecule has 0 aliphatic carbocycles. The van der Waals surface area contributed by atoms with Crippen LogP contribution in [0, 0.1) is 0 Å². The second kappa shape index (κ2) is 2.70.